The molecule has 0 atom stereocenters. The van der Waals surface area contributed by atoms with E-state index >= 15 is 0 Å². The second kappa shape index (κ2) is 4.75. The maximum absolute atomic E-state index is 12.0. The van der Waals surface area contributed by atoms with E-state index in [9.17, 15) is 4.79 Å². The Bertz CT molecular complexity index is 560. The summed E-state index contributed by atoms with van der Waals surface area (Å²) in [4.78, 5) is 12.0. The quantitative estimate of drug-likeness (QED) is 0.905. The lowest BCUT2D eigenvalue weighted by Gasteiger charge is -2.08. The third kappa shape index (κ3) is 2.42. The number of halogens is 1. The van der Waals surface area contributed by atoms with E-state index in [0.717, 1.165) is 15.9 Å². The summed E-state index contributed by atoms with van der Waals surface area (Å²) in [5, 5.41) is 2.87. The Morgan fingerprint density at radius 1 is 1.24 bits per heavy atom. The molecule has 2 rings (SSSR count). The molecule has 0 saturated heterocycles. The van der Waals surface area contributed by atoms with Gasteiger partial charge in [0, 0.05) is 17.2 Å². The molecule has 0 aliphatic heterocycles. The highest BCUT2D eigenvalue weighted by molar-refractivity contribution is 9.10. The number of hydrogen-bond donors (Lipinski definition) is 1. The van der Waals surface area contributed by atoms with Crippen LogP contribution in [0.3, 0.4) is 0 Å². The second-order valence-corrected chi connectivity index (χ2v) is 4.71. The molecule has 88 valence electrons. The summed E-state index contributed by atoms with van der Waals surface area (Å²) in [6, 6.07) is 11.3. The van der Waals surface area contributed by atoms with Gasteiger partial charge < -0.3 is 9.88 Å². The molecule has 1 aromatic heterocycles. The Hall–Kier alpha value is -1.55. The summed E-state index contributed by atoms with van der Waals surface area (Å²) < 4.78 is 2.74. The van der Waals surface area contributed by atoms with Crippen LogP contribution in [0.2, 0.25) is 0 Å². The number of aromatic nitrogens is 1. The average molecular weight is 293 g/mol. The minimum atomic E-state index is -0.104. The van der Waals surface area contributed by atoms with Crippen LogP contribution in [0, 0.1) is 6.92 Å². The van der Waals surface area contributed by atoms with Crippen molar-refractivity contribution in [3.05, 3.63) is 52.3 Å². The van der Waals surface area contributed by atoms with E-state index in [1.165, 1.54) is 0 Å². The highest BCUT2D eigenvalue weighted by Crippen LogP contribution is 2.22. The Morgan fingerprint density at radius 3 is 2.53 bits per heavy atom. The molecule has 3 nitrogen and oxygen atoms in total. The molecule has 0 unspecified atom stereocenters. The molecule has 1 amide bonds. The van der Waals surface area contributed by atoms with Crippen LogP contribution in [-0.2, 0) is 7.05 Å². The van der Waals surface area contributed by atoms with Crippen LogP contribution in [0.4, 0.5) is 5.69 Å². The van der Waals surface area contributed by atoms with Gasteiger partial charge in [-0.15, -0.1) is 0 Å². The van der Waals surface area contributed by atoms with Crippen LogP contribution in [0.15, 0.2) is 40.9 Å². The first kappa shape index (κ1) is 11.9. The molecule has 0 aliphatic carbocycles. The molecule has 4 heteroatoms. The molecule has 2 aromatic rings. The molecule has 0 aliphatic rings. The third-order valence-corrected chi connectivity index (χ3v) is 3.42. The van der Waals surface area contributed by atoms with Crippen LogP contribution in [0.25, 0.3) is 0 Å². The van der Waals surface area contributed by atoms with Crippen molar-refractivity contribution >= 4 is 27.5 Å². The lowest BCUT2D eigenvalue weighted by atomic mass is 10.3. The summed E-state index contributed by atoms with van der Waals surface area (Å²) in [6.45, 7) is 1.97. The first-order chi connectivity index (χ1) is 8.09. The largest absolute Gasteiger partial charge is 0.344 e. The van der Waals surface area contributed by atoms with Gasteiger partial charge in [-0.1, -0.05) is 12.1 Å². The van der Waals surface area contributed by atoms with Crippen molar-refractivity contribution in [2.45, 2.75) is 6.92 Å². The number of nitrogens with one attached hydrogen (secondary N) is 1. The van der Waals surface area contributed by atoms with E-state index in [4.69, 9.17) is 0 Å². The Labute approximate surface area is 109 Å². The van der Waals surface area contributed by atoms with Gasteiger partial charge in [0.15, 0.2) is 0 Å². The fourth-order valence-corrected chi connectivity index (χ4v) is 1.97. The first-order valence-electron chi connectivity index (χ1n) is 5.28. The standard InChI is InChI=1S/C13H13BrN2O/c1-9-7-8-12(16(9)2)13(17)15-11-6-4-3-5-10(11)14/h3-8H,1-2H3,(H,15,17). The van der Waals surface area contributed by atoms with Crippen LogP contribution in [-0.4, -0.2) is 10.5 Å². The lowest BCUT2D eigenvalue weighted by molar-refractivity contribution is 0.101. The zero-order valence-electron chi connectivity index (χ0n) is 9.70. The van der Waals surface area contributed by atoms with E-state index < -0.39 is 0 Å². The fraction of sp³-hybridized carbons (Fsp3) is 0.154. The number of rotatable bonds is 2. The normalized spacial score (nSPS) is 10.3. The molecular weight excluding hydrogens is 280 g/mol. The summed E-state index contributed by atoms with van der Waals surface area (Å²) >= 11 is 3.40. The van der Waals surface area contributed by atoms with Gasteiger partial charge in [-0.2, -0.15) is 0 Å². The molecule has 0 radical (unpaired) electrons. The maximum Gasteiger partial charge on any atom is 0.272 e. The SMILES string of the molecule is Cc1ccc(C(=O)Nc2ccccc2Br)n1C. The molecule has 0 saturated carbocycles. The predicted octanol–water partition coefficient (Wildman–Crippen LogP) is 3.35. The van der Waals surface area contributed by atoms with Gasteiger partial charge >= 0.3 is 0 Å². The number of benzene rings is 1. The summed E-state index contributed by atoms with van der Waals surface area (Å²) in [5.74, 6) is -0.104. The van der Waals surface area contributed by atoms with Crippen molar-refractivity contribution in [3.63, 3.8) is 0 Å². The van der Waals surface area contributed by atoms with Crippen molar-refractivity contribution in [3.8, 4) is 0 Å². The summed E-state index contributed by atoms with van der Waals surface area (Å²) in [7, 11) is 1.88. The zero-order valence-corrected chi connectivity index (χ0v) is 11.3. The van der Waals surface area contributed by atoms with Crippen molar-refractivity contribution in [1.29, 1.82) is 0 Å². The molecule has 0 fully saturated rings. The Morgan fingerprint density at radius 2 is 1.94 bits per heavy atom. The zero-order chi connectivity index (χ0) is 12.4. The number of amides is 1. The molecule has 17 heavy (non-hydrogen) atoms. The van der Waals surface area contributed by atoms with Crippen molar-refractivity contribution < 1.29 is 4.79 Å². The first-order valence-corrected chi connectivity index (χ1v) is 6.07. The average Bonchev–Trinajstić information content (AvgIpc) is 2.63. The highest BCUT2D eigenvalue weighted by atomic mass is 79.9. The number of carbonyl (C=O) groups excluding carboxylic acids is 1. The van der Waals surface area contributed by atoms with E-state index in [1.54, 1.807) is 0 Å². The molecule has 0 spiro atoms. The van der Waals surface area contributed by atoms with E-state index in [1.807, 2.05) is 54.9 Å². The molecule has 1 aromatic carbocycles. The van der Waals surface area contributed by atoms with Crippen LogP contribution in [0.5, 0.6) is 0 Å². The maximum atomic E-state index is 12.0. The molecular formula is C13H13BrN2O. The number of aryl methyl sites for hydroxylation is 1. The van der Waals surface area contributed by atoms with E-state index in [0.29, 0.717) is 5.69 Å². The monoisotopic (exact) mass is 292 g/mol. The van der Waals surface area contributed by atoms with E-state index in [2.05, 4.69) is 21.2 Å². The number of anilines is 1. The van der Waals surface area contributed by atoms with Gasteiger partial charge in [0.2, 0.25) is 0 Å². The van der Waals surface area contributed by atoms with Gasteiger partial charge in [0.05, 0.1) is 5.69 Å². The van der Waals surface area contributed by atoms with Crippen LogP contribution in [0.1, 0.15) is 16.2 Å². The van der Waals surface area contributed by atoms with Gasteiger partial charge in [0.1, 0.15) is 5.69 Å². The second-order valence-electron chi connectivity index (χ2n) is 3.85. The smallest absolute Gasteiger partial charge is 0.272 e. The lowest BCUT2D eigenvalue weighted by Crippen LogP contribution is -2.16. The molecule has 1 heterocycles. The van der Waals surface area contributed by atoms with Crippen LogP contribution >= 0.6 is 15.9 Å². The Kier molecular flexibility index (Phi) is 3.33. The minimum absolute atomic E-state index is 0.104. The van der Waals surface area contributed by atoms with E-state index in [-0.39, 0.29) is 5.91 Å². The van der Waals surface area contributed by atoms with Crippen LogP contribution < -0.4 is 5.32 Å². The third-order valence-electron chi connectivity index (χ3n) is 2.73. The predicted molar refractivity (Wildman–Crippen MR) is 72.2 cm³/mol. The number of carbonyl (C=O) groups is 1. The molecule has 1 N–H and O–H groups in total. The topological polar surface area (TPSA) is 34.0 Å². The van der Waals surface area contributed by atoms with Crippen molar-refractivity contribution in [2.75, 3.05) is 5.32 Å². The Balaban J connectivity index is 2.23. The molecule has 0 bridgehead atoms. The summed E-state index contributed by atoms with van der Waals surface area (Å²) in [5.41, 5.74) is 2.48. The number of hydrogen-bond acceptors (Lipinski definition) is 1. The summed E-state index contributed by atoms with van der Waals surface area (Å²) in [6.07, 6.45) is 0. The highest BCUT2D eigenvalue weighted by Gasteiger charge is 2.11. The van der Waals surface area contributed by atoms with Crippen molar-refractivity contribution in [2.24, 2.45) is 7.05 Å². The van der Waals surface area contributed by atoms with Gasteiger partial charge in [-0.05, 0) is 47.1 Å². The fourth-order valence-electron chi connectivity index (χ4n) is 1.59. The number of nitrogens with zero attached hydrogens (tertiary/aromatic N) is 1. The number of para-hydroxylation sites is 1. The van der Waals surface area contributed by atoms with Gasteiger partial charge in [-0.25, -0.2) is 0 Å². The minimum Gasteiger partial charge on any atom is -0.344 e. The van der Waals surface area contributed by atoms with Crippen molar-refractivity contribution in [1.82, 2.24) is 4.57 Å². The van der Waals surface area contributed by atoms with Gasteiger partial charge in [0.25, 0.3) is 5.91 Å². The van der Waals surface area contributed by atoms with Gasteiger partial charge in [-0.3, -0.25) is 4.79 Å².